The first-order chi connectivity index (χ1) is 15.9. The first-order valence-corrected chi connectivity index (χ1v) is 11.6. The van der Waals surface area contributed by atoms with E-state index < -0.39 is 47.8 Å². The fraction of sp³-hybridized carbons (Fsp3) is 0.640. The first-order valence-electron chi connectivity index (χ1n) is 11.6. The number of ether oxygens (including phenoxy) is 3. The maximum atomic E-state index is 12.7. The van der Waals surface area contributed by atoms with E-state index in [0.717, 1.165) is 5.56 Å². The van der Waals surface area contributed by atoms with Crippen LogP contribution in [0.2, 0.25) is 0 Å². The molecule has 0 radical (unpaired) electrons. The largest absolute Gasteiger partial charge is 0.468 e. The summed E-state index contributed by atoms with van der Waals surface area (Å²) >= 11 is 0. The molecule has 9 heteroatoms. The van der Waals surface area contributed by atoms with Gasteiger partial charge in [-0.2, -0.15) is 0 Å². The molecule has 192 valence electrons. The van der Waals surface area contributed by atoms with E-state index in [1.54, 1.807) is 27.7 Å². The van der Waals surface area contributed by atoms with Crippen molar-refractivity contribution in [1.29, 1.82) is 0 Å². The van der Waals surface area contributed by atoms with Crippen LogP contribution in [0.5, 0.6) is 0 Å². The number of alkyl carbamates (subject to hydrolysis) is 1. The number of carbonyl (C=O) groups excluding carboxylic acids is 3. The van der Waals surface area contributed by atoms with Crippen molar-refractivity contribution in [1.82, 2.24) is 16.0 Å². The Labute approximate surface area is 203 Å². The monoisotopic (exact) mass is 479 g/mol. The molecule has 0 bridgehead atoms. The lowest BCUT2D eigenvalue weighted by Crippen LogP contribution is -2.56. The van der Waals surface area contributed by atoms with Gasteiger partial charge < -0.3 is 24.8 Å². The van der Waals surface area contributed by atoms with Gasteiger partial charge >= 0.3 is 18.0 Å². The summed E-state index contributed by atoms with van der Waals surface area (Å²) in [6.45, 7) is 11.3. The Morgan fingerprint density at radius 3 is 2.03 bits per heavy atom. The highest BCUT2D eigenvalue weighted by atomic mass is 16.6. The van der Waals surface area contributed by atoms with Gasteiger partial charge in [-0.25, -0.2) is 4.79 Å². The lowest BCUT2D eigenvalue weighted by atomic mass is 9.96. The van der Waals surface area contributed by atoms with Gasteiger partial charge in [0.05, 0.1) is 20.3 Å². The van der Waals surface area contributed by atoms with Crippen LogP contribution in [0.1, 0.15) is 59.6 Å². The third kappa shape index (κ3) is 10.5. The molecular formula is C25H41N3O6. The molecule has 3 N–H and O–H groups in total. The lowest BCUT2D eigenvalue weighted by Gasteiger charge is -2.34. The number of amides is 1. The molecule has 0 aliphatic carbocycles. The summed E-state index contributed by atoms with van der Waals surface area (Å²) in [7, 11) is 2.67. The molecule has 0 aromatic heterocycles. The molecule has 0 aliphatic rings. The number of hydrogen-bond donors (Lipinski definition) is 3. The topological polar surface area (TPSA) is 115 Å². The van der Waals surface area contributed by atoms with Crippen molar-refractivity contribution in [3.63, 3.8) is 0 Å². The van der Waals surface area contributed by atoms with Crippen molar-refractivity contribution < 1.29 is 28.6 Å². The van der Waals surface area contributed by atoms with Crippen molar-refractivity contribution in [2.45, 2.75) is 77.7 Å². The van der Waals surface area contributed by atoms with Crippen LogP contribution >= 0.6 is 0 Å². The predicted molar refractivity (Wildman–Crippen MR) is 130 cm³/mol. The molecule has 1 aromatic carbocycles. The Balaban J connectivity index is 3.33. The normalized spacial score (nSPS) is 15.1. The summed E-state index contributed by atoms with van der Waals surface area (Å²) in [5.74, 6) is -0.598. The van der Waals surface area contributed by atoms with Crippen LogP contribution in [0.3, 0.4) is 0 Å². The van der Waals surface area contributed by atoms with Crippen molar-refractivity contribution in [3.05, 3.63) is 35.9 Å². The zero-order chi connectivity index (χ0) is 25.9. The standard InChI is InChI=1S/C25H41N3O6/c1-16(2)14-19(23(30)33-8)27-20(15-26-17(3)22(29)32-7)21(18-12-10-9-11-13-18)28-24(31)34-25(4,5)6/h9-13,16-17,19-21,26-27H,14-15H2,1-8H3,(H,28,31)/t17-,19-,20-,21-/m0/s1. The molecule has 0 aliphatic heterocycles. The van der Waals surface area contributed by atoms with Gasteiger partial charge in [0.25, 0.3) is 0 Å². The minimum Gasteiger partial charge on any atom is -0.468 e. The van der Waals surface area contributed by atoms with E-state index in [9.17, 15) is 14.4 Å². The summed E-state index contributed by atoms with van der Waals surface area (Å²) in [5.41, 5.74) is 0.129. The zero-order valence-electron chi connectivity index (χ0n) is 21.6. The Morgan fingerprint density at radius 1 is 0.941 bits per heavy atom. The van der Waals surface area contributed by atoms with Gasteiger partial charge in [-0.05, 0) is 45.6 Å². The van der Waals surface area contributed by atoms with Crippen LogP contribution < -0.4 is 16.0 Å². The highest BCUT2D eigenvalue weighted by Gasteiger charge is 2.32. The lowest BCUT2D eigenvalue weighted by molar-refractivity contribution is -0.144. The molecular weight excluding hydrogens is 438 g/mol. The average molecular weight is 480 g/mol. The van der Waals surface area contributed by atoms with Crippen LogP contribution in [0.25, 0.3) is 0 Å². The molecule has 4 atom stereocenters. The van der Waals surface area contributed by atoms with E-state index in [1.165, 1.54) is 14.2 Å². The quantitative estimate of drug-likeness (QED) is 0.310. The molecule has 0 unspecified atom stereocenters. The molecule has 0 fully saturated rings. The van der Waals surface area contributed by atoms with Crippen LogP contribution in [-0.4, -0.2) is 62.5 Å². The van der Waals surface area contributed by atoms with Crippen molar-refractivity contribution in [3.8, 4) is 0 Å². The van der Waals surface area contributed by atoms with Crippen molar-refractivity contribution in [2.75, 3.05) is 20.8 Å². The average Bonchev–Trinajstić information content (AvgIpc) is 2.77. The van der Waals surface area contributed by atoms with Crippen LogP contribution in [0.15, 0.2) is 30.3 Å². The Morgan fingerprint density at radius 2 is 1.53 bits per heavy atom. The third-order valence-electron chi connectivity index (χ3n) is 5.04. The molecule has 9 nitrogen and oxygen atoms in total. The number of benzene rings is 1. The number of hydrogen-bond acceptors (Lipinski definition) is 8. The summed E-state index contributed by atoms with van der Waals surface area (Å²) < 4.78 is 15.3. The van der Waals surface area contributed by atoms with Gasteiger partial charge in [-0.3, -0.25) is 14.9 Å². The molecule has 0 saturated heterocycles. The van der Waals surface area contributed by atoms with Crippen LogP contribution in [0.4, 0.5) is 4.79 Å². The highest BCUT2D eigenvalue weighted by Crippen LogP contribution is 2.20. The zero-order valence-corrected chi connectivity index (χ0v) is 21.6. The summed E-state index contributed by atoms with van der Waals surface area (Å²) in [5, 5.41) is 9.44. The molecule has 34 heavy (non-hydrogen) atoms. The second-order valence-corrected chi connectivity index (χ2v) is 9.67. The smallest absolute Gasteiger partial charge is 0.408 e. The molecule has 1 rings (SSSR count). The van der Waals surface area contributed by atoms with Gasteiger partial charge in [0.2, 0.25) is 0 Å². The van der Waals surface area contributed by atoms with E-state index in [1.807, 2.05) is 44.2 Å². The second-order valence-electron chi connectivity index (χ2n) is 9.67. The van der Waals surface area contributed by atoms with Gasteiger partial charge in [0, 0.05) is 12.6 Å². The maximum Gasteiger partial charge on any atom is 0.408 e. The Hall–Kier alpha value is -2.65. The molecule has 1 amide bonds. The molecule has 0 saturated carbocycles. The number of rotatable bonds is 12. The summed E-state index contributed by atoms with van der Waals surface area (Å²) in [6, 6.07) is 7.11. The van der Waals surface area contributed by atoms with E-state index in [4.69, 9.17) is 14.2 Å². The van der Waals surface area contributed by atoms with E-state index >= 15 is 0 Å². The van der Waals surface area contributed by atoms with Gasteiger partial charge in [-0.15, -0.1) is 0 Å². The molecule has 0 heterocycles. The molecule has 1 aromatic rings. The van der Waals surface area contributed by atoms with E-state index in [0.29, 0.717) is 6.42 Å². The van der Waals surface area contributed by atoms with E-state index in [-0.39, 0.29) is 12.5 Å². The fourth-order valence-electron chi connectivity index (χ4n) is 3.45. The van der Waals surface area contributed by atoms with Crippen molar-refractivity contribution >= 4 is 18.0 Å². The van der Waals surface area contributed by atoms with Gasteiger partial charge in [0.15, 0.2) is 0 Å². The molecule has 0 spiro atoms. The Bertz CT molecular complexity index is 779. The highest BCUT2D eigenvalue weighted by molar-refractivity contribution is 5.76. The first kappa shape index (κ1) is 29.4. The second kappa shape index (κ2) is 13.9. The van der Waals surface area contributed by atoms with Crippen LogP contribution in [0, 0.1) is 5.92 Å². The predicted octanol–water partition coefficient (Wildman–Crippen LogP) is 2.95. The van der Waals surface area contributed by atoms with Crippen molar-refractivity contribution in [2.24, 2.45) is 5.92 Å². The van der Waals surface area contributed by atoms with Gasteiger partial charge in [0.1, 0.15) is 17.7 Å². The number of esters is 2. The fourth-order valence-corrected chi connectivity index (χ4v) is 3.45. The number of carbonyl (C=O) groups is 3. The van der Waals surface area contributed by atoms with Crippen LogP contribution in [-0.2, 0) is 23.8 Å². The maximum absolute atomic E-state index is 12.7. The summed E-state index contributed by atoms with van der Waals surface area (Å²) in [6.07, 6.45) is -0.0587. The minimum atomic E-state index is -0.682. The number of methoxy groups -OCH3 is 2. The van der Waals surface area contributed by atoms with Gasteiger partial charge in [-0.1, -0.05) is 44.2 Å². The summed E-state index contributed by atoms with van der Waals surface area (Å²) in [4.78, 5) is 37.3. The SMILES string of the molecule is COC(=O)[C@H](C)NC[C@H](N[C@@H](CC(C)C)C(=O)OC)[C@@H](NC(=O)OC(C)(C)C)c1ccccc1. The Kier molecular flexibility index (Phi) is 12.0. The third-order valence-corrected chi connectivity index (χ3v) is 5.04. The minimum absolute atomic E-state index is 0.216. The number of nitrogens with one attached hydrogen (secondary N) is 3. The van der Waals surface area contributed by atoms with E-state index in [2.05, 4.69) is 16.0 Å².